The van der Waals surface area contributed by atoms with Gasteiger partial charge < -0.3 is 13.9 Å². The van der Waals surface area contributed by atoms with Gasteiger partial charge in [-0.25, -0.2) is 8.78 Å². The minimum Gasteiger partial charge on any atom is -0.491 e. The largest absolute Gasteiger partial charge is 0.491 e. The molecule has 1 aromatic rings. The first-order valence-corrected chi connectivity index (χ1v) is 9.79. The molecule has 120 valence electrons. The summed E-state index contributed by atoms with van der Waals surface area (Å²) in [6.45, 7) is 11.4. The van der Waals surface area contributed by atoms with Crippen molar-refractivity contribution in [2.45, 2.75) is 38.9 Å². The summed E-state index contributed by atoms with van der Waals surface area (Å²) in [6.07, 6.45) is 0. The fourth-order valence-electron chi connectivity index (χ4n) is 1.49. The van der Waals surface area contributed by atoms with Crippen LogP contribution in [0.15, 0.2) is 12.1 Å². The molecule has 0 atom stereocenters. The Morgan fingerprint density at radius 2 is 1.57 bits per heavy atom. The molecule has 0 heterocycles. The number of hydrogen-bond acceptors (Lipinski definition) is 3. The van der Waals surface area contributed by atoms with Crippen LogP contribution in [0.3, 0.4) is 0 Å². The molecule has 0 saturated heterocycles. The lowest BCUT2D eigenvalue weighted by atomic mass is 10.2. The van der Waals surface area contributed by atoms with Gasteiger partial charge in [0.05, 0.1) is 13.7 Å². The molecule has 1 aromatic carbocycles. The van der Waals surface area contributed by atoms with E-state index in [0.29, 0.717) is 6.61 Å². The Morgan fingerprint density at radius 1 is 1.05 bits per heavy atom. The van der Waals surface area contributed by atoms with Crippen LogP contribution in [0.5, 0.6) is 11.5 Å². The fourth-order valence-corrected chi connectivity index (χ4v) is 2.51. The van der Waals surface area contributed by atoms with Gasteiger partial charge in [0, 0.05) is 12.1 Å². The van der Waals surface area contributed by atoms with Crippen LogP contribution in [0.1, 0.15) is 20.8 Å². The summed E-state index contributed by atoms with van der Waals surface area (Å²) >= 11 is 0. The highest BCUT2D eigenvalue weighted by Crippen LogP contribution is 2.36. The van der Waals surface area contributed by atoms with E-state index in [4.69, 9.17) is 9.16 Å². The summed E-state index contributed by atoms with van der Waals surface area (Å²) < 4.78 is 42.9. The fraction of sp³-hybridized carbons (Fsp3) is 0.600. The molecule has 0 amide bonds. The second kappa shape index (κ2) is 6.75. The molecule has 0 aliphatic heterocycles. The van der Waals surface area contributed by atoms with Gasteiger partial charge in [-0.1, -0.05) is 20.8 Å². The molecule has 0 radical (unpaired) electrons. The highest BCUT2D eigenvalue weighted by Gasteiger charge is 2.36. The van der Waals surface area contributed by atoms with Gasteiger partial charge in [-0.2, -0.15) is 0 Å². The lowest BCUT2D eigenvalue weighted by molar-refractivity contribution is 0.202. The van der Waals surface area contributed by atoms with Crippen molar-refractivity contribution in [3.8, 4) is 11.5 Å². The van der Waals surface area contributed by atoms with Crippen molar-refractivity contribution in [1.29, 1.82) is 0 Å². The van der Waals surface area contributed by atoms with Crippen LogP contribution >= 0.6 is 0 Å². The summed E-state index contributed by atoms with van der Waals surface area (Å²) in [5.74, 6) is -1.83. The van der Waals surface area contributed by atoms with Gasteiger partial charge in [-0.3, -0.25) is 0 Å². The quantitative estimate of drug-likeness (QED) is 0.575. The van der Waals surface area contributed by atoms with Gasteiger partial charge in [0.1, 0.15) is 12.4 Å². The third kappa shape index (κ3) is 4.67. The first-order chi connectivity index (χ1) is 9.58. The molecule has 0 saturated carbocycles. The molecule has 0 aliphatic rings. The summed E-state index contributed by atoms with van der Waals surface area (Å²) in [6, 6.07) is 2.21. The highest BCUT2D eigenvalue weighted by atomic mass is 28.4. The van der Waals surface area contributed by atoms with Crippen LogP contribution in [0.2, 0.25) is 18.1 Å². The van der Waals surface area contributed by atoms with Gasteiger partial charge in [0.25, 0.3) is 0 Å². The van der Waals surface area contributed by atoms with Crippen LogP contribution < -0.4 is 9.47 Å². The highest BCUT2D eigenvalue weighted by molar-refractivity contribution is 6.74. The molecule has 6 heteroatoms. The minimum absolute atomic E-state index is 0.116. The van der Waals surface area contributed by atoms with E-state index in [-0.39, 0.29) is 17.4 Å². The first-order valence-electron chi connectivity index (χ1n) is 6.88. The monoisotopic (exact) mass is 318 g/mol. The number of benzene rings is 1. The Bertz CT molecular complexity index is 461. The van der Waals surface area contributed by atoms with E-state index in [9.17, 15) is 8.78 Å². The van der Waals surface area contributed by atoms with Gasteiger partial charge in [0.15, 0.2) is 25.7 Å². The van der Waals surface area contributed by atoms with Crippen molar-refractivity contribution in [1.82, 2.24) is 0 Å². The predicted molar refractivity (Wildman–Crippen MR) is 81.6 cm³/mol. The number of halogens is 2. The normalized spacial score (nSPS) is 12.4. The topological polar surface area (TPSA) is 27.7 Å². The van der Waals surface area contributed by atoms with E-state index in [0.717, 1.165) is 12.1 Å². The Hall–Kier alpha value is -1.14. The molecular weight excluding hydrogens is 294 g/mol. The molecule has 0 unspecified atom stereocenters. The van der Waals surface area contributed by atoms with Gasteiger partial charge >= 0.3 is 0 Å². The first kappa shape index (κ1) is 17.9. The molecule has 21 heavy (non-hydrogen) atoms. The van der Waals surface area contributed by atoms with Crippen LogP contribution in [-0.2, 0) is 4.43 Å². The molecule has 0 N–H and O–H groups in total. The Morgan fingerprint density at radius 3 is 2.00 bits per heavy atom. The van der Waals surface area contributed by atoms with E-state index >= 15 is 0 Å². The molecule has 0 aliphatic carbocycles. The smallest absolute Gasteiger partial charge is 0.192 e. The van der Waals surface area contributed by atoms with Crippen molar-refractivity contribution in [2.75, 3.05) is 20.3 Å². The molecule has 0 fully saturated rings. The van der Waals surface area contributed by atoms with Gasteiger partial charge in [-0.15, -0.1) is 0 Å². The average molecular weight is 318 g/mol. The number of methoxy groups -OCH3 is 1. The average Bonchev–Trinajstić information content (AvgIpc) is 2.33. The lowest BCUT2D eigenvalue weighted by Gasteiger charge is -2.36. The summed E-state index contributed by atoms with van der Waals surface area (Å²) in [4.78, 5) is 0. The second-order valence-electron chi connectivity index (χ2n) is 6.38. The molecule has 3 nitrogen and oxygen atoms in total. The van der Waals surface area contributed by atoms with Crippen molar-refractivity contribution in [2.24, 2.45) is 0 Å². The zero-order valence-corrected chi connectivity index (χ0v) is 14.5. The number of hydrogen-bond donors (Lipinski definition) is 0. The third-order valence-corrected chi connectivity index (χ3v) is 8.34. The van der Waals surface area contributed by atoms with Crippen LogP contribution in [-0.4, -0.2) is 28.6 Å². The minimum atomic E-state index is -1.83. The van der Waals surface area contributed by atoms with Crippen LogP contribution in [0.25, 0.3) is 0 Å². The second-order valence-corrected chi connectivity index (χ2v) is 11.2. The van der Waals surface area contributed by atoms with E-state index < -0.39 is 25.7 Å². The predicted octanol–water partition coefficient (Wildman–Crippen LogP) is 4.37. The van der Waals surface area contributed by atoms with Gasteiger partial charge in [0.2, 0.25) is 0 Å². The Balaban J connectivity index is 2.54. The van der Waals surface area contributed by atoms with E-state index in [1.165, 1.54) is 7.11 Å². The summed E-state index contributed by atoms with van der Waals surface area (Å²) in [5.41, 5.74) is 0. The van der Waals surface area contributed by atoms with E-state index in [2.05, 4.69) is 38.6 Å². The van der Waals surface area contributed by atoms with Crippen LogP contribution in [0, 0.1) is 11.6 Å². The summed E-state index contributed by atoms with van der Waals surface area (Å²) in [5, 5.41) is 0.116. The SMILES string of the molecule is COc1c(F)cc(OCCO[Si](C)(C)C(C)(C)C)cc1F. The van der Waals surface area contributed by atoms with Crippen molar-refractivity contribution >= 4 is 8.32 Å². The van der Waals surface area contributed by atoms with Crippen LogP contribution in [0.4, 0.5) is 8.78 Å². The maximum Gasteiger partial charge on any atom is 0.192 e. The zero-order chi connectivity index (χ0) is 16.3. The standard InChI is InChI=1S/C15H24F2O3Si/c1-15(2,3)21(5,6)20-8-7-19-11-9-12(16)14(18-4)13(17)10-11/h9-10H,7-8H2,1-6H3. The van der Waals surface area contributed by atoms with Gasteiger partial charge in [-0.05, 0) is 18.1 Å². The molecule has 0 aromatic heterocycles. The number of ether oxygens (including phenoxy) is 2. The summed E-state index contributed by atoms with van der Waals surface area (Å²) in [7, 11) is -0.610. The zero-order valence-electron chi connectivity index (χ0n) is 13.5. The van der Waals surface area contributed by atoms with Crippen molar-refractivity contribution in [3.05, 3.63) is 23.8 Å². The van der Waals surface area contributed by atoms with E-state index in [1.54, 1.807) is 0 Å². The van der Waals surface area contributed by atoms with Crippen molar-refractivity contribution in [3.63, 3.8) is 0 Å². The molecule has 1 rings (SSSR count). The third-order valence-electron chi connectivity index (χ3n) is 3.80. The Kier molecular flexibility index (Phi) is 5.75. The molecule has 0 bridgehead atoms. The maximum absolute atomic E-state index is 13.5. The Labute approximate surface area is 126 Å². The lowest BCUT2D eigenvalue weighted by Crippen LogP contribution is -2.41. The number of rotatable bonds is 6. The van der Waals surface area contributed by atoms with E-state index in [1.807, 2.05) is 0 Å². The maximum atomic E-state index is 13.5. The van der Waals surface area contributed by atoms with Crippen molar-refractivity contribution < 1.29 is 22.7 Å². The molecule has 0 spiro atoms. The molecular formula is C15H24F2O3Si.